The molecule has 1 atom stereocenters. The largest absolute Gasteiger partial charge is 0.339 e. The molecule has 178 valence electrons. The van der Waals surface area contributed by atoms with Crippen LogP contribution in [0.15, 0.2) is 73.1 Å². The summed E-state index contributed by atoms with van der Waals surface area (Å²) in [4.78, 5) is 32.5. The van der Waals surface area contributed by atoms with Crippen molar-refractivity contribution in [2.75, 3.05) is 18.4 Å². The second-order valence-electron chi connectivity index (χ2n) is 9.15. The van der Waals surface area contributed by atoms with Crippen LogP contribution in [-0.2, 0) is 13.5 Å². The van der Waals surface area contributed by atoms with Crippen molar-refractivity contribution in [3.63, 3.8) is 0 Å². The van der Waals surface area contributed by atoms with Gasteiger partial charge in [-0.2, -0.15) is 5.10 Å². The molecule has 0 unspecified atom stereocenters. The molecule has 2 aromatic carbocycles. The number of nitrogens with zero attached hydrogens (tertiary/aromatic N) is 4. The predicted octanol–water partition coefficient (Wildman–Crippen LogP) is 4.71. The molecule has 5 rings (SSSR count). The monoisotopic (exact) mass is 467 g/mol. The Morgan fingerprint density at radius 3 is 2.74 bits per heavy atom. The summed E-state index contributed by atoms with van der Waals surface area (Å²) in [5, 5.41) is 8.23. The SMILES string of the molecule is Cn1ccc(C(=O)Nc2ccccc2C(=O)N2CCC[C@H](Cc3cccc4ncccc34)CC2)n1. The van der Waals surface area contributed by atoms with Crippen LogP contribution in [0, 0.1) is 5.92 Å². The van der Waals surface area contributed by atoms with Gasteiger partial charge in [0, 0.05) is 37.9 Å². The molecule has 3 heterocycles. The van der Waals surface area contributed by atoms with Crippen molar-refractivity contribution < 1.29 is 9.59 Å². The zero-order valence-corrected chi connectivity index (χ0v) is 19.9. The third-order valence-corrected chi connectivity index (χ3v) is 6.73. The number of anilines is 1. The Balaban J connectivity index is 1.27. The number of para-hydroxylation sites is 1. The Hall–Kier alpha value is -4.00. The third kappa shape index (κ3) is 5.09. The van der Waals surface area contributed by atoms with E-state index in [9.17, 15) is 9.59 Å². The Labute approximate surface area is 204 Å². The van der Waals surface area contributed by atoms with Crippen LogP contribution in [0.5, 0.6) is 0 Å². The van der Waals surface area contributed by atoms with E-state index in [0.29, 0.717) is 29.4 Å². The molecule has 1 saturated heterocycles. The molecular formula is C28H29N5O2. The van der Waals surface area contributed by atoms with Crippen LogP contribution < -0.4 is 5.32 Å². The predicted molar refractivity (Wildman–Crippen MR) is 136 cm³/mol. The first-order chi connectivity index (χ1) is 17.1. The zero-order chi connectivity index (χ0) is 24.2. The minimum Gasteiger partial charge on any atom is -0.339 e. The maximum atomic E-state index is 13.5. The fraction of sp³-hybridized carbons (Fsp3) is 0.286. The summed E-state index contributed by atoms with van der Waals surface area (Å²) in [5.74, 6) is 0.140. The molecule has 0 spiro atoms. The number of hydrogen-bond donors (Lipinski definition) is 1. The number of aryl methyl sites for hydroxylation is 1. The average molecular weight is 468 g/mol. The van der Waals surface area contributed by atoms with Crippen LogP contribution in [0.3, 0.4) is 0 Å². The molecule has 2 aromatic heterocycles. The van der Waals surface area contributed by atoms with E-state index >= 15 is 0 Å². The molecule has 2 amide bonds. The number of amides is 2. The summed E-state index contributed by atoms with van der Waals surface area (Å²) in [6, 6.07) is 19.3. The summed E-state index contributed by atoms with van der Waals surface area (Å²) < 4.78 is 1.58. The molecule has 1 fully saturated rings. The van der Waals surface area contributed by atoms with Crippen molar-refractivity contribution in [3.8, 4) is 0 Å². The van der Waals surface area contributed by atoms with Gasteiger partial charge in [-0.1, -0.05) is 30.3 Å². The van der Waals surface area contributed by atoms with E-state index < -0.39 is 0 Å². The fourth-order valence-corrected chi connectivity index (χ4v) is 4.90. The zero-order valence-electron chi connectivity index (χ0n) is 19.9. The molecule has 1 N–H and O–H groups in total. The summed E-state index contributed by atoms with van der Waals surface area (Å²) in [6.45, 7) is 1.42. The Morgan fingerprint density at radius 2 is 1.89 bits per heavy atom. The lowest BCUT2D eigenvalue weighted by molar-refractivity contribution is 0.0761. The van der Waals surface area contributed by atoms with Gasteiger partial charge in [0.2, 0.25) is 0 Å². The fourth-order valence-electron chi connectivity index (χ4n) is 4.90. The summed E-state index contributed by atoms with van der Waals surface area (Å²) in [6.07, 6.45) is 7.53. The normalized spacial score (nSPS) is 16.1. The number of carbonyl (C=O) groups excluding carboxylic acids is 2. The van der Waals surface area contributed by atoms with Crippen LogP contribution in [0.1, 0.15) is 45.7 Å². The minimum absolute atomic E-state index is 0.0445. The highest BCUT2D eigenvalue weighted by Gasteiger charge is 2.24. The van der Waals surface area contributed by atoms with E-state index in [2.05, 4.69) is 39.7 Å². The Bertz CT molecular complexity index is 1360. The van der Waals surface area contributed by atoms with Gasteiger partial charge in [-0.3, -0.25) is 19.3 Å². The van der Waals surface area contributed by atoms with E-state index in [4.69, 9.17) is 0 Å². The number of benzene rings is 2. The Morgan fingerprint density at radius 1 is 1.00 bits per heavy atom. The minimum atomic E-state index is -0.327. The van der Waals surface area contributed by atoms with E-state index in [0.717, 1.165) is 37.7 Å². The number of fused-ring (bicyclic) bond motifs is 1. The number of aromatic nitrogens is 3. The number of likely N-dealkylation sites (tertiary alicyclic amines) is 1. The van der Waals surface area contributed by atoms with Gasteiger partial charge in [0.05, 0.1) is 16.8 Å². The Kier molecular flexibility index (Phi) is 6.57. The van der Waals surface area contributed by atoms with Crippen LogP contribution >= 0.6 is 0 Å². The number of rotatable bonds is 5. The average Bonchev–Trinajstić information content (AvgIpc) is 3.18. The molecule has 7 heteroatoms. The highest BCUT2D eigenvalue weighted by Crippen LogP contribution is 2.27. The number of hydrogen-bond acceptors (Lipinski definition) is 4. The van der Waals surface area contributed by atoms with Crippen molar-refractivity contribution in [3.05, 3.63) is 89.9 Å². The lowest BCUT2D eigenvalue weighted by Crippen LogP contribution is -2.33. The molecule has 4 aromatic rings. The first-order valence-corrected chi connectivity index (χ1v) is 12.1. The van der Waals surface area contributed by atoms with Crippen molar-refractivity contribution in [2.24, 2.45) is 13.0 Å². The van der Waals surface area contributed by atoms with Gasteiger partial charge in [-0.15, -0.1) is 0 Å². The van der Waals surface area contributed by atoms with Crippen molar-refractivity contribution in [2.45, 2.75) is 25.7 Å². The highest BCUT2D eigenvalue weighted by atomic mass is 16.2. The maximum absolute atomic E-state index is 13.5. The molecule has 1 aliphatic rings. The molecule has 7 nitrogen and oxygen atoms in total. The summed E-state index contributed by atoms with van der Waals surface area (Å²) in [7, 11) is 1.76. The topological polar surface area (TPSA) is 80.1 Å². The molecule has 0 bridgehead atoms. The lowest BCUT2D eigenvalue weighted by Gasteiger charge is -2.22. The number of carbonyl (C=O) groups is 2. The van der Waals surface area contributed by atoms with Gasteiger partial charge in [-0.05, 0) is 67.5 Å². The van der Waals surface area contributed by atoms with Crippen LogP contribution in [0.2, 0.25) is 0 Å². The highest BCUT2D eigenvalue weighted by molar-refractivity contribution is 6.08. The molecule has 0 aliphatic carbocycles. The standard InChI is InChI=1S/C28H29N5O2/c1-32-17-14-26(31-32)27(34)30-25-11-3-2-9-23(25)28(35)33-16-6-7-20(13-18-33)19-21-8-4-12-24-22(21)10-5-15-29-24/h2-5,8-12,14-15,17,20H,6-7,13,16,18-19H2,1H3,(H,30,34)/t20-/m0/s1. The lowest BCUT2D eigenvalue weighted by atomic mass is 9.91. The molecule has 1 aliphatic heterocycles. The summed E-state index contributed by atoms with van der Waals surface area (Å²) in [5.41, 5.74) is 3.69. The van der Waals surface area contributed by atoms with Crippen molar-refractivity contribution >= 4 is 28.4 Å². The van der Waals surface area contributed by atoms with E-state index in [-0.39, 0.29) is 11.8 Å². The van der Waals surface area contributed by atoms with Crippen molar-refractivity contribution in [1.29, 1.82) is 0 Å². The number of pyridine rings is 1. The quantitative estimate of drug-likeness (QED) is 0.461. The first kappa shape index (κ1) is 22.8. The van der Waals surface area contributed by atoms with E-state index in [1.807, 2.05) is 29.3 Å². The van der Waals surface area contributed by atoms with Crippen LogP contribution in [-0.4, -0.2) is 44.6 Å². The molecule has 0 radical (unpaired) electrons. The molecule has 0 saturated carbocycles. The number of nitrogens with one attached hydrogen (secondary N) is 1. The second kappa shape index (κ2) is 10.1. The van der Waals surface area contributed by atoms with E-state index in [1.54, 1.807) is 36.1 Å². The van der Waals surface area contributed by atoms with Crippen LogP contribution in [0.25, 0.3) is 10.9 Å². The maximum Gasteiger partial charge on any atom is 0.276 e. The van der Waals surface area contributed by atoms with Gasteiger partial charge in [-0.25, -0.2) is 0 Å². The van der Waals surface area contributed by atoms with Gasteiger partial charge in [0.25, 0.3) is 11.8 Å². The summed E-state index contributed by atoms with van der Waals surface area (Å²) >= 11 is 0. The van der Waals surface area contributed by atoms with Gasteiger partial charge in [0.15, 0.2) is 5.69 Å². The molecular weight excluding hydrogens is 438 g/mol. The van der Waals surface area contributed by atoms with Gasteiger partial charge < -0.3 is 10.2 Å². The first-order valence-electron chi connectivity index (χ1n) is 12.1. The van der Waals surface area contributed by atoms with Crippen molar-refractivity contribution in [1.82, 2.24) is 19.7 Å². The second-order valence-corrected chi connectivity index (χ2v) is 9.15. The smallest absolute Gasteiger partial charge is 0.276 e. The molecule has 35 heavy (non-hydrogen) atoms. The third-order valence-electron chi connectivity index (χ3n) is 6.73. The van der Waals surface area contributed by atoms with E-state index in [1.165, 1.54) is 10.9 Å². The van der Waals surface area contributed by atoms with Gasteiger partial charge in [0.1, 0.15) is 0 Å². The van der Waals surface area contributed by atoms with Crippen LogP contribution in [0.4, 0.5) is 5.69 Å². The van der Waals surface area contributed by atoms with Gasteiger partial charge >= 0.3 is 0 Å².